The number of guanidine groups is 3. The molecule has 101 heavy (non-hydrogen) atoms. The van der Waals surface area contributed by atoms with Crippen LogP contribution in [0.1, 0.15) is 143 Å². The van der Waals surface area contributed by atoms with Crippen molar-refractivity contribution in [3.8, 4) is 0 Å². The fourth-order valence-electron chi connectivity index (χ4n) is 10.8. The van der Waals surface area contributed by atoms with Crippen LogP contribution in [0.2, 0.25) is 0 Å². The lowest BCUT2D eigenvalue weighted by Gasteiger charge is -2.40. The van der Waals surface area contributed by atoms with Gasteiger partial charge in [-0.1, -0.05) is 90.1 Å². The summed E-state index contributed by atoms with van der Waals surface area (Å²) in [5.74, 6) is -13.6. The Balaban J connectivity index is 2.43. The lowest BCUT2D eigenvalue weighted by atomic mass is 9.91. The standard InChI is InChI=1S/C64H109N22O14S/c1-6-36(3)51(84-55(94)43(24-16-28-74-63(69)70)79-49(89)33-76-48(88)32-77-53(92)38(5)78-58(97)47(35-101)83-54(93)42(66)23-14-26-65)59(98)81-45(31-50(90)91)57(96)80-44(25-17-29-75-64(71)72)56(95)85-52(37(4)7-2)60(99)82-46(30-39-18-10-8-11-19-39)61(100)86(40-20-12-9-13-21-40)41(34-87)22-15-27-73-62(67)68/h8,10-11,18-19,36-38,40-47,51-52,101H,6-7,9,12-17,20-33,35,65-66H2,1-5H3,(H,76,88)(H,77,92)(H,78,97)(H,79,89)(H,80,96)(H,81,98)(H,82,99)(H,83,93)(H,84,94)(H,85,95)(H,90,91)(H4,67,68,73)(H4,69,70,74)(H4,71,72,75)/t36-,37-,38-,41-,42-,43-,44-,45-,46-,47-,51-,52-/m0/s1. The summed E-state index contributed by atoms with van der Waals surface area (Å²) < 4.78 is 0. The van der Waals surface area contributed by atoms with Gasteiger partial charge in [-0.3, -0.25) is 78.6 Å². The van der Waals surface area contributed by atoms with Gasteiger partial charge in [0.1, 0.15) is 48.3 Å². The van der Waals surface area contributed by atoms with Crippen molar-refractivity contribution in [2.75, 3.05) is 45.0 Å². The lowest BCUT2D eigenvalue weighted by Crippen LogP contribution is -2.62. The van der Waals surface area contributed by atoms with Crippen molar-refractivity contribution in [2.45, 2.75) is 210 Å². The van der Waals surface area contributed by atoms with Gasteiger partial charge in [0.2, 0.25) is 71.3 Å². The molecule has 11 amide bonds. The highest BCUT2D eigenvalue weighted by Gasteiger charge is 2.40. The number of amides is 11. The molecule has 1 fully saturated rings. The highest BCUT2D eigenvalue weighted by molar-refractivity contribution is 7.80. The molecule has 1 aliphatic rings. The van der Waals surface area contributed by atoms with Crippen molar-refractivity contribution >= 4 is 108 Å². The van der Waals surface area contributed by atoms with Crippen LogP contribution in [-0.4, -0.2) is 217 Å². The van der Waals surface area contributed by atoms with Crippen molar-refractivity contribution in [2.24, 2.45) is 40.5 Å². The van der Waals surface area contributed by atoms with Gasteiger partial charge in [-0.05, 0) is 95.1 Å². The summed E-state index contributed by atoms with van der Waals surface area (Å²) in [5.41, 5.74) is 28.5. The molecule has 1 aromatic rings. The Bertz CT molecular complexity index is 2930. The van der Waals surface area contributed by atoms with Crippen molar-refractivity contribution in [3.05, 3.63) is 35.9 Å². The van der Waals surface area contributed by atoms with Crippen LogP contribution in [0, 0.1) is 28.1 Å². The minimum absolute atomic E-state index is 0.00616. The Labute approximate surface area is 594 Å². The predicted molar refractivity (Wildman–Crippen MR) is 379 cm³/mol. The van der Waals surface area contributed by atoms with Gasteiger partial charge in [0.25, 0.3) is 0 Å². The molecule has 27 N–H and O–H groups in total. The molecular weight excluding hydrogens is 1330 g/mol. The van der Waals surface area contributed by atoms with E-state index in [0.29, 0.717) is 44.2 Å². The number of carbonyl (C=O) groups is 12. The molecular formula is C64H109N22O14S. The first-order chi connectivity index (χ1) is 47.9. The molecule has 565 valence electrons. The Morgan fingerprint density at radius 1 is 0.554 bits per heavy atom. The van der Waals surface area contributed by atoms with E-state index in [-0.39, 0.29) is 88.8 Å². The number of carboxylic acids is 1. The number of nitrogens with one attached hydrogen (secondary N) is 16. The summed E-state index contributed by atoms with van der Waals surface area (Å²) in [6.45, 7) is 7.16. The number of rotatable bonds is 48. The second-order valence-electron chi connectivity index (χ2n) is 25.0. The van der Waals surface area contributed by atoms with Crippen LogP contribution in [-0.2, 0) is 68.7 Å². The van der Waals surface area contributed by atoms with E-state index in [9.17, 15) is 62.6 Å². The molecule has 1 aliphatic carbocycles. The van der Waals surface area contributed by atoms with Crippen LogP contribution >= 0.6 is 12.6 Å². The van der Waals surface area contributed by atoms with E-state index >= 15 is 4.79 Å². The molecule has 36 nitrogen and oxygen atoms in total. The minimum atomic E-state index is -1.93. The van der Waals surface area contributed by atoms with Gasteiger partial charge in [-0.25, -0.2) is 0 Å². The Kier molecular flexibility index (Phi) is 41.3. The molecule has 0 bridgehead atoms. The van der Waals surface area contributed by atoms with Gasteiger partial charge < -0.3 is 108 Å². The van der Waals surface area contributed by atoms with Crippen molar-refractivity contribution in [1.29, 1.82) is 16.2 Å². The number of carbonyl (C=O) groups excluding carboxylic acids is 12. The summed E-state index contributed by atoms with van der Waals surface area (Å²) in [4.78, 5) is 179. The van der Waals surface area contributed by atoms with Gasteiger partial charge >= 0.3 is 5.97 Å². The maximum atomic E-state index is 15.1. The second-order valence-corrected chi connectivity index (χ2v) is 25.3. The average molecular weight is 1440 g/mol. The SMILES string of the molecule is CC[C@H](C)[C@H](NC(=O)[C@H](CCCNC(=N)N)NC(=O)CNC(=O)CNC(=O)[C@H](C)NC(=O)[C@H](CS)NC(=O)[C@@H](N)CCCN)C(=O)N[C@@H](CC(=O)O)C(=O)N[C@@H](CCCNC(=N)N)C(=O)N[C@H](C(=O)N[C@@H](Cc1ccccc1)C(=O)N(C1CCCCC1)[C@H]([C]=O)CCCNC(=N)N)[C@@H](C)CC. The normalized spacial score (nSPS) is 15.6. The van der Waals surface area contributed by atoms with Gasteiger partial charge in [0.05, 0.1) is 31.6 Å². The molecule has 37 heteroatoms. The van der Waals surface area contributed by atoms with E-state index in [1.54, 1.807) is 58.0 Å². The smallest absolute Gasteiger partial charge is 0.305 e. The third kappa shape index (κ3) is 33.6. The summed E-state index contributed by atoms with van der Waals surface area (Å²) in [5, 5.41) is 65.9. The van der Waals surface area contributed by atoms with Gasteiger partial charge in [0, 0.05) is 37.8 Å². The van der Waals surface area contributed by atoms with Crippen LogP contribution in [0.3, 0.4) is 0 Å². The van der Waals surface area contributed by atoms with E-state index in [4.69, 9.17) is 44.9 Å². The first-order valence-electron chi connectivity index (χ1n) is 34.1. The summed E-state index contributed by atoms with van der Waals surface area (Å²) in [7, 11) is 0. The molecule has 12 atom stereocenters. The van der Waals surface area contributed by atoms with E-state index in [2.05, 4.69) is 88.0 Å². The highest BCUT2D eigenvalue weighted by atomic mass is 32.1. The number of nitrogens with two attached hydrogens (primary N) is 5. The third-order valence-corrected chi connectivity index (χ3v) is 17.3. The Hall–Kier alpha value is -9.39. The van der Waals surface area contributed by atoms with Gasteiger partial charge in [-0.15, -0.1) is 0 Å². The minimum Gasteiger partial charge on any atom is -0.481 e. The zero-order valence-electron chi connectivity index (χ0n) is 58.4. The molecule has 0 saturated heterocycles. The first kappa shape index (κ1) is 87.7. The molecule has 2 rings (SSSR count). The molecule has 0 aliphatic heterocycles. The summed E-state index contributed by atoms with van der Waals surface area (Å²) in [6, 6.07) is -5.02. The number of nitrogens with zero attached hydrogens (tertiary/aromatic N) is 1. The van der Waals surface area contributed by atoms with Crippen LogP contribution in [0.5, 0.6) is 0 Å². The fourth-order valence-corrected chi connectivity index (χ4v) is 11.0. The number of hydrogen-bond acceptors (Lipinski definition) is 19. The average Bonchev–Trinajstić information content (AvgIpc) is 0.823. The third-order valence-electron chi connectivity index (χ3n) is 16.9. The maximum absolute atomic E-state index is 15.1. The largest absolute Gasteiger partial charge is 0.481 e. The highest BCUT2D eigenvalue weighted by Crippen LogP contribution is 2.27. The summed E-state index contributed by atoms with van der Waals surface area (Å²) in [6.07, 6.45) is 6.17. The zero-order chi connectivity index (χ0) is 75.7. The Morgan fingerprint density at radius 3 is 1.50 bits per heavy atom. The van der Waals surface area contributed by atoms with Crippen LogP contribution in [0.15, 0.2) is 30.3 Å². The van der Waals surface area contributed by atoms with Crippen LogP contribution in [0.25, 0.3) is 0 Å². The predicted octanol–water partition coefficient (Wildman–Crippen LogP) is -4.65. The molecule has 1 radical (unpaired) electrons. The van der Waals surface area contributed by atoms with Crippen molar-refractivity contribution in [3.63, 3.8) is 0 Å². The van der Waals surface area contributed by atoms with Gasteiger partial charge in [0.15, 0.2) is 17.9 Å². The van der Waals surface area contributed by atoms with Gasteiger partial charge in [-0.2, -0.15) is 12.6 Å². The number of carboxylic acid groups (broad SMARTS) is 1. The maximum Gasteiger partial charge on any atom is 0.305 e. The number of benzene rings is 1. The summed E-state index contributed by atoms with van der Waals surface area (Å²) >= 11 is 4.11. The molecule has 1 saturated carbocycles. The monoisotopic (exact) mass is 1440 g/mol. The second kappa shape index (κ2) is 47.6. The van der Waals surface area contributed by atoms with E-state index in [1.807, 2.05) is 0 Å². The molecule has 0 aromatic heterocycles. The van der Waals surface area contributed by atoms with E-state index < -0.39 is 175 Å². The van der Waals surface area contributed by atoms with E-state index in [1.165, 1.54) is 11.8 Å². The fraction of sp³-hybridized carbons (Fsp3) is 0.656. The molecule has 0 spiro atoms. The number of aliphatic carboxylic acids is 1. The molecule has 1 aromatic carbocycles. The quantitative estimate of drug-likeness (QED) is 0.0126. The molecule has 0 unspecified atom stereocenters. The van der Waals surface area contributed by atoms with Crippen molar-refractivity contribution < 1.29 is 67.4 Å². The first-order valence-corrected chi connectivity index (χ1v) is 34.8. The number of hydrogen-bond donors (Lipinski definition) is 23. The van der Waals surface area contributed by atoms with E-state index in [0.717, 1.165) is 19.3 Å². The lowest BCUT2D eigenvalue weighted by molar-refractivity contribution is -0.142. The Morgan fingerprint density at radius 2 is 1.02 bits per heavy atom. The topological polar surface area (TPSA) is 603 Å². The van der Waals surface area contributed by atoms with Crippen LogP contribution < -0.4 is 97.8 Å². The molecule has 0 heterocycles. The zero-order valence-corrected chi connectivity index (χ0v) is 59.3. The van der Waals surface area contributed by atoms with Crippen LogP contribution in [0.4, 0.5) is 0 Å². The van der Waals surface area contributed by atoms with Crippen molar-refractivity contribution in [1.82, 2.24) is 74.0 Å². The number of thiol groups is 1.